The van der Waals surface area contributed by atoms with E-state index in [1.165, 1.54) is 5.38 Å². The molecule has 0 fully saturated rings. The third kappa shape index (κ3) is 2.77. The van der Waals surface area contributed by atoms with Crippen LogP contribution in [0.15, 0.2) is 15.7 Å². The van der Waals surface area contributed by atoms with E-state index in [4.69, 9.17) is 5.11 Å². The molecule has 0 aliphatic carbocycles. The molecule has 102 valence electrons. The lowest BCUT2D eigenvalue weighted by atomic mass is 10.3. The average Bonchev–Trinajstić information content (AvgIpc) is 2.84. The predicted octanol–water partition coefficient (Wildman–Crippen LogP) is 2.32. The van der Waals surface area contributed by atoms with Gasteiger partial charge >= 0.3 is 5.97 Å². The zero-order chi connectivity index (χ0) is 14.2. The van der Waals surface area contributed by atoms with E-state index >= 15 is 0 Å². The zero-order valence-corrected chi connectivity index (χ0v) is 12.4. The molecule has 6 nitrogen and oxygen atoms in total. The van der Waals surface area contributed by atoms with Crippen molar-refractivity contribution in [1.82, 2.24) is 4.98 Å². The Labute approximate surface area is 117 Å². The number of carboxylic acid groups (broad SMARTS) is 1. The largest absolute Gasteiger partial charge is 0.477 e. The van der Waals surface area contributed by atoms with E-state index in [1.54, 1.807) is 19.2 Å². The van der Waals surface area contributed by atoms with Crippen molar-refractivity contribution in [3.63, 3.8) is 0 Å². The summed E-state index contributed by atoms with van der Waals surface area (Å²) in [6.07, 6.45) is 0. The highest BCUT2D eigenvalue weighted by atomic mass is 32.2. The van der Waals surface area contributed by atoms with E-state index in [9.17, 15) is 13.2 Å². The lowest BCUT2D eigenvalue weighted by molar-refractivity contribution is 0.0698. The Morgan fingerprint density at radius 2 is 2.00 bits per heavy atom. The molecule has 0 spiro atoms. The first-order valence-corrected chi connectivity index (χ1v) is 8.32. The fourth-order valence-electron chi connectivity index (χ4n) is 1.48. The number of aromatic nitrogens is 1. The Morgan fingerprint density at radius 1 is 1.32 bits per heavy atom. The van der Waals surface area contributed by atoms with Gasteiger partial charge in [0.05, 0.1) is 5.69 Å². The summed E-state index contributed by atoms with van der Waals surface area (Å²) in [5.74, 6) is -1.26. The summed E-state index contributed by atoms with van der Waals surface area (Å²) in [7, 11) is -3.94. The molecule has 0 unspecified atom stereocenters. The van der Waals surface area contributed by atoms with E-state index in [2.05, 4.69) is 9.71 Å². The monoisotopic (exact) mass is 318 g/mol. The number of anilines is 1. The van der Waals surface area contributed by atoms with Gasteiger partial charge in [-0.3, -0.25) is 4.72 Å². The standard InChI is InChI=1S/C10H10N2O4S3/c1-5-3-17-7(9(13)14)8(5)19(15,16)12-10-11-6(2)4-18-10/h3-4H,1-2H3,(H,11,12)(H,13,14). The molecule has 0 saturated carbocycles. The number of nitrogens with one attached hydrogen (secondary N) is 1. The maximum absolute atomic E-state index is 12.2. The Balaban J connectivity index is 2.45. The minimum absolute atomic E-state index is 0.196. The van der Waals surface area contributed by atoms with Crippen LogP contribution in [0.2, 0.25) is 0 Å². The molecule has 2 aromatic heterocycles. The van der Waals surface area contributed by atoms with Crippen LogP contribution in [0.25, 0.3) is 0 Å². The quantitative estimate of drug-likeness (QED) is 0.902. The number of aryl methyl sites for hydroxylation is 2. The van der Waals surface area contributed by atoms with Crippen LogP contribution >= 0.6 is 22.7 Å². The number of nitrogens with zero attached hydrogens (tertiary/aromatic N) is 1. The summed E-state index contributed by atoms with van der Waals surface area (Å²) in [5, 5.41) is 12.4. The molecule has 2 rings (SSSR count). The molecule has 0 amide bonds. The number of thiazole rings is 1. The molecule has 0 radical (unpaired) electrons. The Hall–Kier alpha value is -1.45. The van der Waals surface area contributed by atoms with Crippen molar-refractivity contribution in [1.29, 1.82) is 0 Å². The van der Waals surface area contributed by atoms with Crippen molar-refractivity contribution in [2.45, 2.75) is 18.7 Å². The highest BCUT2D eigenvalue weighted by Crippen LogP contribution is 2.29. The molecule has 0 aromatic carbocycles. The van der Waals surface area contributed by atoms with Crippen molar-refractivity contribution in [2.24, 2.45) is 0 Å². The molecule has 0 aliphatic rings. The number of hydrogen-bond acceptors (Lipinski definition) is 6. The van der Waals surface area contributed by atoms with Gasteiger partial charge in [-0.1, -0.05) is 0 Å². The van der Waals surface area contributed by atoms with Gasteiger partial charge in [-0.15, -0.1) is 22.7 Å². The van der Waals surface area contributed by atoms with E-state index in [0.29, 0.717) is 11.3 Å². The first-order valence-electron chi connectivity index (χ1n) is 5.07. The van der Waals surface area contributed by atoms with Gasteiger partial charge in [0.15, 0.2) is 5.13 Å². The van der Waals surface area contributed by atoms with Crippen LogP contribution in [0.5, 0.6) is 0 Å². The van der Waals surface area contributed by atoms with Crippen LogP contribution in [0.4, 0.5) is 5.13 Å². The van der Waals surface area contributed by atoms with Crippen LogP contribution < -0.4 is 4.72 Å². The summed E-state index contributed by atoms with van der Waals surface area (Å²) >= 11 is 2.04. The summed E-state index contributed by atoms with van der Waals surface area (Å²) in [4.78, 5) is 14.6. The molecule has 0 aliphatic heterocycles. The van der Waals surface area contributed by atoms with E-state index < -0.39 is 16.0 Å². The van der Waals surface area contributed by atoms with Gasteiger partial charge in [0.25, 0.3) is 10.0 Å². The summed E-state index contributed by atoms with van der Waals surface area (Å²) in [6.45, 7) is 3.30. The van der Waals surface area contributed by atoms with Crippen molar-refractivity contribution < 1.29 is 18.3 Å². The van der Waals surface area contributed by atoms with Gasteiger partial charge in [-0.05, 0) is 24.8 Å². The van der Waals surface area contributed by atoms with Crippen molar-refractivity contribution in [3.8, 4) is 0 Å². The van der Waals surface area contributed by atoms with Gasteiger partial charge < -0.3 is 5.11 Å². The van der Waals surface area contributed by atoms with E-state index in [-0.39, 0.29) is 14.9 Å². The zero-order valence-electron chi connectivity index (χ0n) is 10.00. The highest BCUT2D eigenvalue weighted by Gasteiger charge is 2.27. The van der Waals surface area contributed by atoms with Crippen molar-refractivity contribution in [3.05, 3.63) is 26.9 Å². The van der Waals surface area contributed by atoms with Gasteiger partial charge in [-0.2, -0.15) is 0 Å². The van der Waals surface area contributed by atoms with Crippen molar-refractivity contribution in [2.75, 3.05) is 4.72 Å². The van der Waals surface area contributed by atoms with Gasteiger partial charge in [0.2, 0.25) is 0 Å². The molecule has 0 saturated heterocycles. The molecule has 2 heterocycles. The molecular formula is C10H10N2O4S3. The first-order chi connectivity index (χ1) is 8.81. The number of carbonyl (C=O) groups is 1. The van der Waals surface area contributed by atoms with E-state index in [1.807, 2.05) is 0 Å². The third-order valence-corrected chi connectivity index (χ3v) is 5.97. The van der Waals surface area contributed by atoms with Crippen LogP contribution in [0.3, 0.4) is 0 Å². The van der Waals surface area contributed by atoms with Crippen LogP contribution in [0, 0.1) is 13.8 Å². The molecule has 0 bridgehead atoms. The fourth-order valence-corrected chi connectivity index (χ4v) is 5.06. The molecule has 9 heteroatoms. The molecule has 2 N–H and O–H groups in total. The number of carboxylic acids is 1. The summed E-state index contributed by atoms with van der Waals surface area (Å²) < 4.78 is 26.7. The van der Waals surface area contributed by atoms with E-state index in [0.717, 1.165) is 22.7 Å². The van der Waals surface area contributed by atoms with Crippen LogP contribution in [0.1, 0.15) is 20.9 Å². The normalized spacial score (nSPS) is 11.5. The minimum atomic E-state index is -3.94. The molecule has 2 aromatic rings. The lowest BCUT2D eigenvalue weighted by Gasteiger charge is -2.06. The third-order valence-electron chi connectivity index (χ3n) is 2.22. The highest BCUT2D eigenvalue weighted by molar-refractivity contribution is 7.93. The molecular weight excluding hydrogens is 308 g/mol. The molecule has 0 atom stereocenters. The topological polar surface area (TPSA) is 96.4 Å². The van der Waals surface area contributed by atoms with Crippen LogP contribution in [-0.2, 0) is 10.0 Å². The second-order valence-corrected chi connectivity index (χ2v) is 7.14. The summed E-state index contributed by atoms with van der Waals surface area (Å²) in [6, 6.07) is 0. The van der Waals surface area contributed by atoms with Gasteiger partial charge in [0, 0.05) is 5.38 Å². The van der Waals surface area contributed by atoms with Gasteiger partial charge in [0.1, 0.15) is 9.77 Å². The number of hydrogen-bond donors (Lipinski definition) is 2. The van der Waals surface area contributed by atoms with Crippen LogP contribution in [-0.4, -0.2) is 24.5 Å². The average molecular weight is 318 g/mol. The van der Waals surface area contributed by atoms with Crippen molar-refractivity contribution >= 4 is 43.8 Å². The number of aromatic carboxylic acids is 1. The SMILES string of the molecule is Cc1csc(NS(=O)(=O)c2c(C)csc2C(=O)O)n1. The Kier molecular flexibility index (Phi) is 3.61. The maximum atomic E-state index is 12.2. The fraction of sp³-hybridized carbons (Fsp3) is 0.200. The smallest absolute Gasteiger partial charge is 0.347 e. The Morgan fingerprint density at radius 3 is 2.53 bits per heavy atom. The number of sulfonamides is 1. The second kappa shape index (κ2) is 4.91. The Bertz CT molecular complexity index is 730. The minimum Gasteiger partial charge on any atom is -0.477 e. The second-order valence-electron chi connectivity index (χ2n) is 3.78. The summed E-state index contributed by atoms with van der Waals surface area (Å²) in [5.41, 5.74) is 1.10. The predicted molar refractivity (Wildman–Crippen MR) is 73.7 cm³/mol. The number of thiophene rings is 1. The first kappa shape index (κ1) is 14.0. The lowest BCUT2D eigenvalue weighted by Crippen LogP contribution is -2.16. The van der Waals surface area contributed by atoms with Gasteiger partial charge in [-0.25, -0.2) is 18.2 Å². The number of rotatable bonds is 4. The molecule has 19 heavy (non-hydrogen) atoms. The maximum Gasteiger partial charge on any atom is 0.347 e.